The number of nitrogens with one attached hydrogen (secondary N) is 1. The lowest BCUT2D eigenvalue weighted by Crippen LogP contribution is -2.37. The summed E-state index contributed by atoms with van der Waals surface area (Å²) in [4.78, 5) is 38.7. The third-order valence-corrected chi connectivity index (χ3v) is 5.22. The van der Waals surface area contributed by atoms with Crippen LogP contribution in [0, 0.1) is 0 Å². The van der Waals surface area contributed by atoms with Crippen LogP contribution in [0.5, 0.6) is 0 Å². The predicted molar refractivity (Wildman–Crippen MR) is 114 cm³/mol. The number of thioether (sulfide) groups is 1. The van der Waals surface area contributed by atoms with Gasteiger partial charge in [0.2, 0.25) is 5.91 Å². The minimum absolute atomic E-state index is 0.0515. The molecule has 0 bridgehead atoms. The maximum atomic E-state index is 12.5. The number of rotatable bonds is 9. The van der Waals surface area contributed by atoms with Crippen molar-refractivity contribution >= 4 is 29.5 Å². The summed E-state index contributed by atoms with van der Waals surface area (Å²) in [7, 11) is 3.36. The molecule has 0 aliphatic rings. The molecule has 2 aromatic rings. The topological polar surface area (TPSA) is 75.7 Å². The Labute approximate surface area is 175 Å². The molecule has 29 heavy (non-hydrogen) atoms. The van der Waals surface area contributed by atoms with Crippen molar-refractivity contribution in [1.82, 2.24) is 10.2 Å². The molecular formula is C22H26N2O4S. The highest BCUT2D eigenvalue weighted by Gasteiger charge is 2.21. The molecular weight excluding hydrogens is 388 g/mol. The number of benzene rings is 2. The van der Waals surface area contributed by atoms with E-state index in [9.17, 15) is 14.4 Å². The van der Waals surface area contributed by atoms with Crippen molar-refractivity contribution in [3.63, 3.8) is 0 Å². The summed E-state index contributed by atoms with van der Waals surface area (Å²) < 4.78 is 5.34. The number of ether oxygens (including phenoxy) is 1. The molecule has 1 atom stereocenters. The Bertz CT molecular complexity index is 840. The van der Waals surface area contributed by atoms with Crippen LogP contribution in [0.2, 0.25) is 0 Å². The van der Waals surface area contributed by atoms with Gasteiger partial charge >= 0.3 is 5.97 Å². The third-order valence-electron chi connectivity index (χ3n) is 4.17. The van der Waals surface area contributed by atoms with Gasteiger partial charge in [-0.2, -0.15) is 0 Å². The average molecular weight is 415 g/mol. The molecule has 2 rings (SSSR count). The highest BCUT2D eigenvalue weighted by atomic mass is 32.2. The van der Waals surface area contributed by atoms with Crippen LogP contribution in [0.4, 0.5) is 0 Å². The highest BCUT2D eigenvalue weighted by molar-refractivity contribution is 8.00. The first-order valence-corrected chi connectivity index (χ1v) is 10.3. The Kier molecular flexibility index (Phi) is 8.73. The summed E-state index contributed by atoms with van der Waals surface area (Å²) in [6, 6.07) is 16.7. The Hall–Kier alpha value is -2.80. The van der Waals surface area contributed by atoms with Crippen molar-refractivity contribution in [1.29, 1.82) is 0 Å². The van der Waals surface area contributed by atoms with Crippen LogP contribution in [0.15, 0.2) is 59.5 Å². The lowest BCUT2D eigenvalue weighted by molar-refractivity contribution is -0.129. The Morgan fingerprint density at radius 1 is 1.03 bits per heavy atom. The van der Waals surface area contributed by atoms with E-state index < -0.39 is 12.1 Å². The Morgan fingerprint density at radius 3 is 2.38 bits per heavy atom. The summed E-state index contributed by atoms with van der Waals surface area (Å²) in [6.07, 6.45) is -0.216. The molecule has 0 saturated heterocycles. The normalized spacial score (nSPS) is 11.4. The van der Waals surface area contributed by atoms with Gasteiger partial charge in [-0.15, -0.1) is 11.8 Å². The fourth-order valence-electron chi connectivity index (χ4n) is 2.43. The van der Waals surface area contributed by atoms with Gasteiger partial charge in [-0.25, -0.2) is 4.79 Å². The number of amides is 2. The molecule has 6 nitrogen and oxygen atoms in total. The van der Waals surface area contributed by atoms with Gasteiger partial charge in [0, 0.05) is 25.5 Å². The molecule has 7 heteroatoms. The van der Waals surface area contributed by atoms with E-state index in [4.69, 9.17) is 4.74 Å². The number of carbonyl (C=O) groups excluding carboxylic acids is 3. The maximum absolute atomic E-state index is 12.5. The molecule has 0 aromatic heterocycles. The van der Waals surface area contributed by atoms with Gasteiger partial charge in [0.15, 0.2) is 6.10 Å². The summed E-state index contributed by atoms with van der Waals surface area (Å²) in [6.45, 7) is 2.00. The molecule has 2 aromatic carbocycles. The number of esters is 1. The molecule has 2 amide bonds. The second kappa shape index (κ2) is 11.3. The molecule has 154 valence electrons. The molecule has 0 fully saturated rings. The molecule has 1 N–H and O–H groups in total. The zero-order valence-electron chi connectivity index (χ0n) is 16.9. The smallest absolute Gasteiger partial charge is 0.340 e. The molecule has 0 saturated carbocycles. The van der Waals surface area contributed by atoms with Gasteiger partial charge in [0.25, 0.3) is 5.91 Å². The average Bonchev–Trinajstić information content (AvgIpc) is 2.72. The van der Waals surface area contributed by atoms with Crippen molar-refractivity contribution in [3.05, 3.63) is 65.7 Å². The quantitative estimate of drug-likeness (QED) is 0.504. The van der Waals surface area contributed by atoms with E-state index in [1.165, 1.54) is 16.7 Å². The van der Waals surface area contributed by atoms with Gasteiger partial charge < -0.3 is 15.0 Å². The first-order valence-electron chi connectivity index (χ1n) is 9.33. The molecule has 0 aliphatic heterocycles. The van der Waals surface area contributed by atoms with Crippen molar-refractivity contribution in [3.8, 4) is 0 Å². The summed E-state index contributed by atoms with van der Waals surface area (Å²) in [5.41, 5.74) is 1.46. The SMILES string of the molecule is C[C@H](OC(=O)c1ccccc1SCC(=O)N(C)C)C(=O)NCCc1ccccc1. The maximum Gasteiger partial charge on any atom is 0.340 e. The zero-order chi connectivity index (χ0) is 21.2. The largest absolute Gasteiger partial charge is 0.449 e. The monoisotopic (exact) mass is 414 g/mol. The van der Waals surface area contributed by atoms with E-state index in [-0.39, 0.29) is 17.6 Å². The van der Waals surface area contributed by atoms with E-state index in [2.05, 4.69) is 5.32 Å². The Balaban J connectivity index is 1.88. The summed E-state index contributed by atoms with van der Waals surface area (Å²) in [5.74, 6) is -0.769. The van der Waals surface area contributed by atoms with Gasteiger partial charge in [0.05, 0.1) is 11.3 Å². The first-order chi connectivity index (χ1) is 13.9. The third kappa shape index (κ3) is 7.27. The summed E-state index contributed by atoms with van der Waals surface area (Å²) >= 11 is 1.27. The van der Waals surface area contributed by atoms with E-state index >= 15 is 0 Å². The number of nitrogens with zero attached hydrogens (tertiary/aromatic N) is 1. The lowest BCUT2D eigenvalue weighted by atomic mass is 10.1. The van der Waals surface area contributed by atoms with Crippen LogP contribution >= 0.6 is 11.8 Å². The van der Waals surface area contributed by atoms with Gasteiger partial charge in [0.1, 0.15) is 0 Å². The zero-order valence-corrected chi connectivity index (χ0v) is 17.7. The van der Waals surface area contributed by atoms with Crippen molar-refractivity contribution < 1.29 is 19.1 Å². The van der Waals surface area contributed by atoms with Gasteiger partial charge in [-0.3, -0.25) is 9.59 Å². The van der Waals surface area contributed by atoms with Crippen LogP contribution in [0.3, 0.4) is 0 Å². The van der Waals surface area contributed by atoms with Crippen LogP contribution in [0.1, 0.15) is 22.8 Å². The van der Waals surface area contributed by atoms with E-state index in [1.54, 1.807) is 45.3 Å². The highest BCUT2D eigenvalue weighted by Crippen LogP contribution is 2.24. The van der Waals surface area contributed by atoms with Crippen molar-refractivity contribution in [2.24, 2.45) is 0 Å². The van der Waals surface area contributed by atoms with Gasteiger partial charge in [-0.05, 0) is 31.0 Å². The van der Waals surface area contributed by atoms with Crippen LogP contribution in [0.25, 0.3) is 0 Å². The fourth-order valence-corrected chi connectivity index (χ4v) is 3.44. The van der Waals surface area contributed by atoms with Crippen molar-refractivity contribution in [2.45, 2.75) is 24.3 Å². The lowest BCUT2D eigenvalue weighted by Gasteiger charge is -2.15. The van der Waals surface area contributed by atoms with E-state index in [1.807, 2.05) is 30.3 Å². The van der Waals surface area contributed by atoms with Crippen molar-refractivity contribution in [2.75, 3.05) is 26.4 Å². The number of hydrogen-bond donors (Lipinski definition) is 1. The molecule has 0 radical (unpaired) electrons. The Morgan fingerprint density at radius 2 is 1.69 bits per heavy atom. The standard InChI is InChI=1S/C22H26N2O4S/c1-16(21(26)23-14-13-17-9-5-4-6-10-17)28-22(27)18-11-7-8-12-19(18)29-15-20(25)24(2)3/h4-12,16H,13-15H2,1-3H3,(H,23,26)/t16-/m0/s1. The molecule has 0 heterocycles. The molecule has 0 spiro atoms. The molecule has 0 aliphatic carbocycles. The second-order valence-corrected chi connectivity index (χ2v) is 7.66. The number of hydrogen-bond acceptors (Lipinski definition) is 5. The van der Waals surface area contributed by atoms with Crippen LogP contribution < -0.4 is 5.32 Å². The van der Waals surface area contributed by atoms with Crippen LogP contribution in [-0.4, -0.2) is 55.2 Å². The van der Waals surface area contributed by atoms with Crippen LogP contribution in [-0.2, 0) is 20.7 Å². The first kappa shape index (κ1) is 22.5. The predicted octanol–water partition coefficient (Wildman–Crippen LogP) is 2.77. The second-order valence-electron chi connectivity index (χ2n) is 6.65. The summed E-state index contributed by atoms with van der Waals surface area (Å²) in [5, 5.41) is 2.78. The molecule has 0 unspecified atom stereocenters. The van der Waals surface area contributed by atoms with Gasteiger partial charge in [-0.1, -0.05) is 42.5 Å². The fraction of sp³-hybridized carbons (Fsp3) is 0.318. The van der Waals surface area contributed by atoms with E-state index in [0.29, 0.717) is 23.4 Å². The number of carbonyl (C=O) groups is 3. The minimum Gasteiger partial charge on any atom is -0.449 e. The van der Waals surface area contributed by atoms with E-state index in [0.717, 1.165) is 5.56 Å². The minimum atomic E-state index is -0.917.